The van der Waals surface area contributed by atoms with Gasteiger partial charge in [0.1, 0.15) is 17.1 Å². The van der Waals surface area contributed by atoms with E-state index in [9.17, 15) is 5.21 Å². The Morgan fingerprint density at radius 3 is 2.44 bits per heavy atom. The maximum Gasteiger partial charge on any atom is 0.284 e. The Morgan fingerprint density at radius 1 is 1.04 bits per heavy atom. The molecule has 0 bridgehead atoms. The second-order valence-corrected chi connectivity index (χ2v) is 5.69. The number of fused-ring (bicyclic) bond motifs is 1. The lowest BCUT2D eigenvalue weighted by Gasteiger charge is -2.06. The minimum absolute atomic E-state index is 0.473. The summed E-state index contributed by atoms with van der Waals surface area (Å²) in [5.41, 5.74) is 3.93. The van der Waals surface area contributed by atoms with E-state index in [1.54, 1.807) is 11.8 Å². The predicted octanol–water partition coefficient (Wildman–Crippen LogP) is 3.04. The van der Waals surface area contributed by atoms with Crippen LogP contribution in [0.15, 0.2) is 60.8 Å². The van der Waals surface area contributed by atoms with Crippen LogP contribution in [0.5, 0.6) is 5.75 Å². The van der Waals surface area contributed by atoms with Gasteiger partial charge < -0.3 is 9.94 Å². The van der Waals surface area contributed by atoms with Gasteiger partial charge in [-0.25, -0.2) is 9.67 Å². The molecule has 0 saturated carbocycles. The Labute approximate surface area is 144 Å². The Hall–Kier alpha value is -3.41. The Balaban J connectivity index is 1.93. The third kappa shape index (κ3) is 2.57. The second-order valence-electron chi connectivity index (χ2n) is 5.69. The fourth-order valence-electron chi connectivity index (χ4n) is 2.83. The average Bonchev–Trinajstić information content (AvgIpc) is 2.99. The number of nitrogens with zero attached hydrogens (tertiary/aromatic N) is 4. The van der Waals surface area contributed by atoms with Crippen molar-refractivity contribution < 1.29 is 9.47 Å². The number of aromatic nitrogens is 4. The minimum Gasteiger partial charge on any atom is -0.618 e. The SMILES string of the molecule is COc1ccc(-c2c[n+]([O-])c3c(C)nn(-c4ccccc4)c3n2)cc1. The van der Waals surface area contributed by atoms with Gasteiger partial charge in [-0.1, -0.05) is 18.2 Å². The molecule has 2 heterocycles. The third-order valence-corrected chi connectivity index (χ3v) is 4.08. The number of ether oxygens (including phenoxy) is 1. The molecule has 25 heavy (non-hydrogen) atoms. The minimum atomic E-state index is 0.473. The van der Waals surface area contributed by atoms with Crippen LogP contribution in [0.2, 0.25) is 0 Å². The smallest absolute Gasteiger partial charge is 0.284 e. The maximum absolute atomic E-state index is 12.6. The van der Waals surface area contributed by atoms with Crippen LogP contribution in [-0.4, -0.2) is 21.9 Å². The van der Waals surface area contributed by atoms with Crippen LogP contribution < -0.4 is 9.47 Å². The van der Waals surface area contributed by atoms with Gasteiger partial charge in [0, 0.05) is 5.56 Å². The first kappa shape index (κ1) is 15.1. The first-order valence-corrected chi connectivity index (χ1v) is 7.87. The summed E-state index contributed by atoms with van der Waals surface area (Å²) in [5.74, 6) is 0.755. The molecule has 4 rings (SSSR count). The highest BCUT2D eigenvalue weighted by Crippen LogP contribution is 2.23. The maximum atomic E-state index is 12.6. The Bertz CT molecular complexity index is 1040. The molecule has 2 aromatic heterocycles. The van der Waals surface area contributed by atoms with Gasteiger partial charge in [0.25, 0.3) is 5.52 Å². The summed E-state index contributed by atoms with van der Waals surface area (Å²) in [7, 11) is 1.62. The molecular formula is C19H16N4O2. The lowest BCUT2D eigenvalue weighted by molar-refractivity contribution is -0.577. The summed E-state index contributed by atoms with van der Waals surface area (Å²) in [6.07, 6.45) is 1.48. The van der Waals surface area contributed by atoms with Crippen LogP contribution in [0.25, 0.3) is 28.1 Å². The molecule has 0 spiro atoms. The Kier molecular flexibility index (Phi) is 3.57. The fraction of sp³-hybridized carbons (Fsp3) is 0.105. The summed E-state index contributed by atoms with van der Waals surface area (Å²) in [4.78, 5) is 4.70. The van der Waals surface area contributed by atoms with Crippen molar-refractivity contribution in [2.45, 2.75) is 6.92 Å². The molecule has 0 fully saturated rings. The highest BCUT2D eigenvalue weighted by atomic mass is 16.5. The molecular weight excluding hydrogens is 316 g/mol. The first-order chi connectivity index (χ1) is 12.2. The highest BCUT2D eigenvalue weighted by Gasteiger charge is 2.20. The molecule has 0 aliphatic carbocycles. The fourth-order valence-corrected chi connectivity index (χ4v) is 2.83. The van der Waals surface area contributed by atoms with Crippen LogP contribution in [0.4, 0.5) is 0 Å². The molecule has 0 aliphatic rings. The standard InChI is InChI=1S/C19H16N4O2/c1-13-18-19(23(21-13)15-6-4-3-5-7-15)20-17(12-22(18)24)14-8-10-16(25-2)11-9-14/h3-12H,1-2H3. The molecule has 0 amide bonds. The van der Waals surface area contributed by atoms with Crippen molar-refractivity contribution in [3.05, 3.63) is 71.7 Å². The largest absolute Gasteiger partial charge is 0.618 e. The van der Waals surface area contributed by atoms with Gasteiger partial charge in [0.2, 0.25) is 11.8 Å². The summed E-state index contributed by atoms with van der Waals surface area (Å²) in [5, 5.41) is 17.1. The van der Waals surface area contributed by atoms with Crippen LogP contribution in [0.3, 0.4) is 0 Å². The number of methoxy groups -OCH3 is 1. The topological polar surface area (TPSA) is 66.9 Å². The molecule has 0 aliphatic heterocycles. The molecule has 0 N–H and O–H groups in total. The van der Waals surface area contributed by atoms with Gasteiger partial charge in [-0.2, -0.15) is 9.83 Å². The van der Waals surface area contributed by atoms with Crippen LogP contribution in [0, 0.1) is 12.1 Å². The average molecular weight is 332 g/mol. The molecule has 124 valence electrons. The van der Waals surface area contributed by atoms with Gasteiger partial charge in [-0.05, 0) is 43.3 Å². The van der Waals surface area contributed by atoms with Crippen molar-refractivity contribution in [1.82, 2.24) is 14.8 Å². The zero-order valence-electron chi connectivity index (χ0n) is 13.9. The second kappa shape index (κ2) is 5.90. The van der Waals surface area contributed by atoms with Crippen molar-refractivity contribution in [3.63, 3.8) is 0 Å². The van der Waals surface area contributed by atoms with Gasteiger partial charge in [0.05, 0.1) is 12.8 Å². The summed E-state index contributed by atoms with van der Waals surface area (Å²) in [6.45, 7) is 1.81. The van der Waals surface area contributed by atoms with Crippen molar-refractivity contribution in [2.24, 2.45) is 0 Å². The van der Waals surface area contributed by atoms with Crippen LogP contribution >= 0.6 is 0 Å². The summed E-state index contributed by atoms with van der Waals surface area (Å²) in [6, 6.07) is 17.1. The van der Waals surface area contributed by atoms with E-state index in [1.807, 2.05) is 61.5 Å². The Morgan fingerprint density at radius 2 is 1.76 bits per heavy atom. The number of hydrogen-bond donors (Lipinski definition) is 0. The predicted molar refractivity (Wildman–Crippen MR) is 94.6 cm³/mol. The van der Waals surface area contributed by atoms with E-state index in [2.05, 4.69) is 5.10 Å². The van der Waals surface area contributed by atoms with Crippen LogP contribution in [0.1, 0.15) is 5.69 Å². The lowest BCUT2D eigenvalue weighted by Crippen LogP contribution is -2.27. The van der Waals surface area contributed by atoms with Crippen molar-refractivity contribution in [1.29, 1.82) is 0 Å². The molecule has 0 saturated heterocycles. The zero-order valence-corrected chi connectivity index (χ0v) is 13.9. The molecule has 0 atom stereocenters. The molecule has 4 aromatic rings. The van der Waals surface area contributed by atoms with E-state index in [0.717, 1.165) is 21.7 Å². The zero-order chi connectivity index (χ0) is 17.4. The summed E-state index contributed by atoms with van der Waals surface area (Å²) >= 11 is 0. The van der Waals surface area contributed by atoms with E-state index in [4.69, 9.17) is 9.72 Å². The highest BCUT2D eigenvalue weighted by molar-refractivity contribution is 5.75. The number of rotatable bonds is 3. The molecule has 2 aromatic carbocycles. The third-order valence-electron chi connectivity index (χ3n) is 4.08. The van der Waals surface area contributed by atoms with E-state index < -0.39 is 0 Å². The van der Waals surface area contributed by atoms with Gasteiger partial charge in [-0.15, -0.1) is 0 Å². The van der Waals surface area contributed by atoms with Crippen molar-refractivity contribution in [2.75, 3.05) is 7.11 Å². The molecule has 0 radical (unpaired) electrons. The first-order valence-electron chi connectivity index (χ1n) is 7.87. The van der Waals surface area contributed by atoms with Gasteiger partial charge in [-0.3, -0.25) is 0 Å². The van der Waals surface area contributed by atoms with Crippen LogP contribution in [-0.2, 0) is 0 Å². The van der Waals surface area contributed by atoms with E-state index in [1.165, 1.54) is 6.20 Å². The van der Waals surface area contributed by atoms with E-state index in [0.29, 0.717) is 22.6 Å². The lowest BCUT2D eigenvalue weighted by atomic mass is 10.1. The van der Waals surface area contributed by atoms with Crippen molar-refractivity contribution in [3.8, 4) is 22.7 Å². The molecule has 0 unspecified atom stereocenters. The number of benzene rings is 2. The van der Waals surface area contributed by atoms with E-state index >= 15 is 0 Å². The number of hydrogen-bond acceptors (Lipinski definition) is 4. The summed E-state index contributed by atoms with van der Waals surface area (Å²) < 4.78 is 7.72. The number of aryl methyl sites for hydroxylation is 1. The van der Waals surface area contributed by atoms with Gasteiger partial charge in [0.15, 0.2) is 0 Å². The van der Waals surface area contributed by atoms with Gasteiger partial charge >= 0.3 is 0 Å². The van der Waals surface area contributed by atoms with Crippen molar-refractivity contribution >= 4 is 11.2 Å². The monoisotopic (exact) mass is 332 g/mol. The number of para-hydroxylation sites is 1. The van der Waals surface area contributed by atoms with E-state index in [-0.39, 0.29) is 0 Å². The molecule has 6 heteroatoms. The quantitative estimate of drug-likeness (QED) is 0.427. The molecule has 6 nitrogen and oxygen atoms in total. The normalized spacial score (nSPS) is 11.0.